The van der Waals surface area contributed by atoms with Gasteiger partial charge in [-0.1, -0.05) is 12.1 Å². The molecule has 0 bridgehead atoms. The van der Waals surface area contributed by atoms with Gasteiger partial charge >= 0.3 is 0 Å². The van der Waals surface area contributed by atoms with E-state index in [2.05, 4.69) is 0 Å². The summed E-state index contributed by atoms with van der Waals surface area (Å²) in [6.45, 7) is 0.767. The third kappa shape index (κ3) is 3.43. The van der Waals surface area contributed by atoms with E-state index in [9.17, 15) is 12.8 Å². The number of hydrogen-bond donors (Lipinski definition) is 0. The van der Waals surface area contributed by atoms with Crippen molar-refractivity contribution in [3.63, 3.8) is 0 Å². The quantitative estimate of drug-likeness (QED) is 0.850. The Balaban J connectivity index is 1.81. The summed E-state index contributed by atoms with van der Waals surface area (Å²) in [6, 6.07) is 12.2. The van der Waals surface area contributed by atoms with Crippen LogP contribution in [-0.2, 0) is 14.8 Å². The summed E-state index contributed by atoms with van der Waals surface area (Å²) in [7, 11) is -2.09. The fraction of sp³-hybridized carbons (Fsp3) is 0.294. The van der Waals surface area contributed by atoms with Crippen molar-refractivity contribution in [2.75, 3.05) is 26.8 Å². The number of halogens is 1. The summed E-state index contributed by atoms with van der Waals surface area (Å²) in [5.41, 5.74) is 0.756. The van der Waals surface area contributed by atoms with Crippen LogP contribution in [0, 0.1) is 5.82 Å². The second-order valence-electron chi connectivity index (χ2n) is 5.45. The van der Waals surface area contributed by atoms with E-state index in [0.717, 1.165) is 5.56 Å². The van der Waals surface area contributed by atoms with Crippen LogP contribution in [-0.4, -0.2) is 39.5 Å². The maximum absolute atomic E-state index is 13.0. The summed E-state index contributed by atoms with van der Waals surface area (Å²) >= 11 is 0. The molecular weight excluding hydrogens is 333 g/mol. The van der Waals surface area contributed by atoms with Gasteiger partial charge in [0.05, 0.1) is 24.7 Å². The van der Waals surface area contributed by atoms with Gasteiger partial charge in [0.15, 0.2) is 0 Å². The van der Waals surface area contributed by atoms with E-state index in [1.807, 2.05) is 0 Å². The van der Waals surface area contributed by atoms with Gasteiger partial charge in [-0.25, -0.2) is 12.8 Å². The average molecular weight is 351 g/mol. The number of hydrogen-bond acceptors (Lipinski definition) is 4. The Hall–Kier alpha value is -1.96. The number of nitrogens with zero attached hydrogens (tertiary/aromatic N) is 1. The number of ether oxygens (including phenoxy) is 2. The number of methoxy groups -OCH3 is 1. The molecule has 0 saturated carbocycles. The normalized spacial score (nSPS) is 19.2. The lowest BCUT2D eigenvalue weighted by atomic mass is 10.1. The zero-order valence-electron chi connectivity index (χ0n) is 13.2. The summed E-state index contributed by atoms with van der Waals surface area (Å²) in [5, 5.41) is 0. The number of sulfonamides is 1. The van der Waals surface area contributed by atoms with Crippen LogP contribution in [0.1, 0.15) is 11.7 Å². The van der Waals surface area contributed by atoms with E-state index in [0.29, 0.717) is 5.75 Å². The average Bonchev–Trinajstić information content (AvgIpc) is 2.62. The second-order valence-corrected chi connectivity index (χ2v) is 7.39. The molecule has 24 heavy (non-hydrogen) atoms. The first kappa shape index (κ1) is 16.9. The van der Waals surface area contributed by atoms with Gasteiger partial charge in [-0.05, 0) is 42.0 Å². The lowest BCUT2D eigenvalue weighted by molar-refractivity contribution is -0.00258. The second kappa shape index (κ2) is 6.88. The third-order valence-electron chi connectivity index (χ3n) is 3.97. The Bertz CT molecular complexity index is 790. The van der Waals surface area contributed by atoms with Crippen molar-refractivity contribution in [2.24, 2.45) is 0 Å². The van der Waals surface area contributed by atoms with Crippen LogP contribution < -0.4 is 4.74 Å². The number of morpholine rings is 1. The molecule has 0 spiro atoms. The van der Waals surface area contributed by atoms with Crippen LogP contribution in [0.2, 0.25) is 0 Å². The molecule has 1 saturated heterocycles. The van der Waals surface area contributed by atoms with Gasteiger partial charge in [-0.15, -0.1) is 0 Å². The molecule has 7 heteroatoms. The van der Waals surface area contributed by atoms with E-state index in [1.165, 1.54) is 35.7 Å². The highest BCUT2D eigenvalue weighted by Crippen LogP contribution is 2.27. The maximum atomic E-state index is 13.0. The molecule has 0 radical (unpaired) electrons. The topological polar surface area (TPSA) is 55.8 Å². The Labute approximate surface area is 140 Å². The molecule has 1 aliphatic heterocycles. The van der Waals surface area contributed by atoms with Gasteiger partial charge in [0.1, 0.15) is 11.6 Å². The highest BCUT2D eigenvalue weighted by Gasteiger charge is 2.31. The molecule has 128 valence electrons. The summed E-state index contributed by atoms with van der Waals surface area (Å²) in [5.74, 6) is 0.261. The fourth-order valence-corrected chi connectivity index (χ4v) is 4.04. The van der Waals surface area contributed by atoms with Crippen molar-refractivity contribution in [1.82, 2.24) is 4.31 Å². The zero-order valence-corrected chi connectivity index (χ0v) is 14.0. The van der Waals surface area contributed by atoms with Crippen LogP contribution in [0.5, 0.6) is 5.75 Å². The fourth-order valence-electron chi connectivity index (χ4n) is 2.62. The Morgan fingerprint density at radius 1 is 1.12 bits per heavy atom. The monoisotopic (exact) mass is 351 g/mol. The van der Waals surface area contributed by atoms with Crippen LogP contribution in [0.4, 0.5) is 4.39 Å². The minimum atomic E-state index is -3.61. The van der Waals surface area contributed by atoms with Gasteiger partial charge in [0, 0.05) is 13.1 Å². The standard InChI is InChI=1S/C17H18FNO4S/c1-22-15-6-8-16(9-7-15)24(20,21)19-10-11-23-17(12-19)13-2-4-14(18)5-3-13/h2-9,17H,10-12H2,1H3/t17-/m0/s1. The molecule has 2 aromatic rings. The highest BCUT2D eigenvalue weighted by atomic mass is 32.2. The van der Waals surface area contributed by atoms with Gasteiger partial charge in [-0.3, -0.25) is 0 Å². The van der Waals surface area contributed by atoms with E-state index in [1.54, 1.807) is 24.3 Å². The third-order valence-corrected chi connectivity index (χ3v) is 5.85. The molecule has 1 atom stereocenters. The zero-order chi connectivity index (χ0) is 17.2. The van der Waals surface area contributed by atoms with E-state index in [4.69, 9.17) is 9.47 Å². The smallest absolute Gasteiger partial charge is 0.243 e. The molecule has 0 N–H and O–H groups in total. The van der Waals surface area contributed by atoms with Gasteiger partial charge in [0.2, 0.25) is 10.0 Å². The largest absolute Gasteiger partial charge is 0.497 e. The Morgan fingerprint density at radius 2 is 1.79 bits per heavy atom. The molecule has 5 nitrogen and oxygen atoms in total. The van der Waals surface area contributed by atoms with Crippen molar-refractivity contribution >= 4 is 10.0 Å². The molecule has 2 aromatic carbocycles. The van der Waals surface area contributed by atoms with Crippen LogP contribution in [0.25, 0.3) is 0 Å². The van der Waals surface area contributed by atoms with Crippen LogP contribution in [0.3, 0.4) is 0 Å². The minimum absolute atomic E-state index is 0.194. The van der Waals surface area contributed by atoms with E-state index in [-0.39, 0.29) is 30.4 Å². The maximum Gasteiger partial charge on any atom is 0.243 e. The van der Waals surface area contributed by atoms with Gasteiger partial charge < -0.3 is 9.47 Å². The first-order chi connectivity index (χ1) is 11.5. The number of benzene rings is 2. The van der Waals surface area contributed by atoms with Crippen molar-refractivity contribution in [3.05, 3.63) is 59.9 Å². The van der Waals surface area contributed by atoms with E-state index < -0.39 is 16.1 Å². The van der Waals surface area contributed by atoms with Crippen molar-refractivity contribution in [1.29, 1.82) is 0 Å². The molecule has 0 aromatic heterocycles. The Morgan fingerprint density at radius 3 is 2.42 bits per heavy atom. The Kier molecular flexibility index (Phi) is 4.84. The van der Waals surface area contributed by atoms with Crippen LogP contribution in [0.15, 0.2) is 53.4 Å². The molecule has 1 aliphatic rings. The molecule has 1 heterocycles. The molecule has 0 amide bonds. The lowest BCUT2D eigenvalue weighted by Crippen LogP contribution is -2.42. The summed E-state index contributed by atoms with van der Waals surface area (Å²) in [4.78, 5) is 0.211. The van der Waals surface area contributed by atoms with E-state index >= 15 is 0 Å². The molecule has 0 unspecified atom stereocenters. The lowest BCUT2D eigenvalue weighted by Gasteiger charge is -2.32. The first-order valence-electron chi connectivity index (χ1n) is 7.52. The molecular formula is C17H18FNO4S. The SMILES string of the molecule is COc1ccc(S(=O)(=O)N2CCO[C@H](c3ccc(F)cc3)C2)cc1. The molecule has 3 rings (SSSR count). The summed E-state index contributed by atoms with van der Waals surface area (Å²) < 4.78 is 50.7. The minimum Gasteiger partial charge on any atom is -0.497 e. The molecule has 0 aliphatic carbocycles. The van der Waals surface area contributed by atoms with Crippen LogP contribution >= 0.6 is 0 Å². The van der Waals surface area contributed by atoms with Crippen molar-refractivity contribution < 1.29 is 22.3 Å². The van der Waals surface area contributed by atoms with Crippen molar-refractivity contribution in [3.8, 4) is 5.75 Å². The predicted octanol–water partition coefficient (Wildman–Crippen LogP) is 2.60. The van der Waals surface area contributed by atoms with Gasteiger partial charge in [0.25, 0.3) is 0 Å². The molecule has 1 fully saturated rings. The summed E-state index contributed by atoms with van der Waals surface area (Å²) in [6.07, 6.45) is -0.410. The number of rotatable bonds is 4. The predicted molar refractivity (Wildman–Crippen MR) is 86.8 cm³/mol. The van der Waals surface area contributed by atoms with Gasteiger partial charge in [-0.2, -0.15) is 4.31 Å². The van der Waals surface area contributed by atoms with Crippen molar-refractivity contribution in [2.45, 2.75) is 11.0 Å². The highest BCUT2D eigenvalue weighted by molar-refractivity contribution is 7.89. The first-order valence-corrected chi connectivity index (χ1v) is 8.96.